The van der Waals surface area contributed by atoms with Crippen molar-refractivity contribution in [2.45, 2.75) is 59.4 Å². The summed E-state index contributed by atoms with van der Waals surface area (Å²) in [6.07, 6.45) is 3.01. The van der Waals surface area contributed by atoms with Crippen LogP contribution in [0.2, 0.25) is 0 Å². The molecule has 0 saturated carbocycles. The van der Waals surface area contributed by atoms with E-state index < -0.39 is 0 Å². The maximum atomic E-state index is 4.42. The minimum absolute atomic E-state index is 0.527. The van der Waals surface area contributed by atoms with E-state index in [0.717, 1.165) is 13.0 Å². The lowest BCUT2D eigenvalue weighted by molar-refractivity contribution is 0.833. The Morgan fingerprint density at radius 2 is 1.90 bits per heavy atom. The van der Waals surface area contributed by atoms with E-state index in [1.807, 2.05) is 6.20 Å². The predicted octanol–water partition coefficient (Wildman–Crippen LogP) is 5.56. The summed E-state index contributed by atoms with van der Waals surface area (Å²) >= 11 is 1.80. The van der Waals surface area contributed by atoms with Crippen LogP contribution in [0.25, 0.3) is 0 Å². The number of nitrogens with one attached hydrogen (secondary N) is 1. The largest absolute Gasteiger partial charge is 0.380 e. The number of aromatic nitrogens is 1. The second-order valence-electron chi connectivity index (χ2n) is 6.08. The number of aryl methyl sites for hydroxylation is 1. The normalized spacial score (nSPS) is 11.4. The lowest BCUT2D eigenvalue weighted by atomic mass is 9.94. The molecule has 0 spiro atoms. The molecule has 1 aromatic carbocycles. The first-order chi connectivity index (χ1) is 10.0. The van der Waals surface area contributed by atoms with E-state index in [0.29, 0.717) is 11.8 Å². The Hall–Kier alpha value is -1.35. The molecule has 2 rings (SSSR count). The van der Waals surface area contributed by atoms with Crippen molar-refractivity contribution in [2.75, 3.05) is 5.32 Å². The maximum absolute atomic E-state index is 4.42. The molecule has 1 aromatic heterocycles. The third-order valence-electron chi connectivity index (χ3n) is 3.72. The lowest BCUT2D eigenvalue weighted by Gasteiger charge is -2.17. The van der Waals surface area contributed by atoms with E-state index in [4.69, 9.17) is 0 Å². The Bertz CT molecular complexity index is 585. The number of hydrogen-bond acceptors (Lipinski definition) is 3. The minimum Gasteiger partial charge on any atom is -0.380 e. The molecular weight excluding hydrogens is 276 g/mol. The van der Waals surface area contributed by atoms with Gasteiger partial charge in [-0.25, -0.2) is 4.98 Å². The van der Waals surface area contributed by atoms with Gasteiger partial charge in [0.1, 0.15) is 0 Å². The average Bonchev–Trinajstić information content (AvgIpc) is 2.92. The fraction of sp³-hybridized carbons (Fsp3) is 0.500. The summed E-state index contributed by atoms with van der Waals surface area (Å²) < 4.78 is 0. The molecule has 0 aliphatic heterocycles. The van der Waals surface area contributed by atoms with Gasteiger partial charge in [-0.05, 0) is 35.4 Å². The van der Waals surface area contributed by atoms with Crippen LogP contribution in [0.15, 0.2) is 24.4 Å². The van der Waals surface area contributed by atoms with Gasteiger partial charge in [-0.2, -0.15) is 0 Å². The Kier molecular flexibility index (Phi) is 5.40. The molecule has 0 atom stereocenters. The molecule has 0 aliphatic carbocycles. The highest BCUT2D eigenvalue weighted by atomic mass is 32.1. The highest BCUT2D eigenvalue weighted by Crippen LogP contribution is 2.29. The number of anilines is 1. The van der Waals surface area contributed by atoms with Crippen molar-refractivity contribution in [2.24, 2.45) is 0 Å². The van der Waals surface area contributed by atoms with Gasteiger partial charge >= 0.3 is 0 Å². The summed E-state index contributed by atoms with van der Waals surface area (Å²) in [5.41, 5.74) is 4.07. The van der Waals surface area contributed by atoms with Gasteiger partial charge in [-0.3, -0.25) is 0 Å². The van der Waals surface area contributed by atoms with Crippen molar-refractivity contribution in [3.8, 4) is 0 Å². The van der Waals surface area contributed by atoms with E-state index in [9.17, 15) is 0 Å². The molecule has 0 fully saturated rings. The van der Waals surface area contributed by atoms with Crippen LogP contribution in [0.5, 0.6) is 0 Å². The van der Waals surface area contributed by atoms with E-state index in [1.165, 1.54) is 26.7 Å². The number of benzene rings is 1. The van der Waals surface area contributed by atoms with Crippen LogP contribution in [0.1, 0.15) is 67.5 Å². The third kappa shape index (κ3) is 4.07. The Morgan fingerprint density at radius 1 is 1.14 bits per heavy atom. The van der Waals surface area contributed by atoms with Gasteiger partial charge in [0.05, 0.1) is 11.6 Å². The number of hydrogen-bond donors (Lipinski definition) is 1. The zero-order chi connectivity index (χ0) is 15.4. The first-order valence-corrected chi connectivity index (χ1v) is 8.64. The van der Waals surface area contributed by atoms with E-state index >= 15 is 0 Å². The van der Waals surface area contributed by atoms with E-state index in [-0.39, 0.29) is 0 Å². The van der Waals surface area contributed by atoms with Gasteiger partial charge < -0.3 is 5.32 Å². The standard InChI is InChI=1S/C18H26N2S/c1-6-18-20-11-15(21-18)10-19-17-8-7-14(12(2)3)9-16(17)13(4)5/h7-9,11-13,19H,6,10H2,1-5H3. The van der Waals surface area contributed by atoms with Gasteiger partial charge in [0.15, 0.2) is 0 Å². The third-order valence-corrected chi connectivity index (χ3v) is 4.86. The molecule has 114 valence electrons. The second-order valence-corrected chi connectivity index (χ2v) is 7.28. The Morgan fingerprint density at radius 3 is 2.48 bits per heavy atom. The highest BCUT2D eigenvalue weighted by Gasteiger charge is 2.10. The topological polar surface area (TPSA) is 24.9 Å². The van der Waals surface area contributed by atoms with Crippen LogP contribution in [0.3, 0.4) is 0 Å². The van der Waals surface area contributed by atoms with Crippen molar-refractivity contribution >= 4 is 17.0 Å². The molecule has 0 unspecified atom stereocenters. The van der Waals surface area contributed by atoms with E-state index in [2.05, 4.69) is 63.1 Å². The highest BCUT2D eigenvalue weighted by molar-refractivity contribution is 7.11. The van der Waals surface area contributed by atoms with Crippen LogP contribution in [0.4, 0.5) is 5.69 Å². The lowest BCUT2D eigenvalue weighted by Crippen LogP contribution is -2.03. The van der Waals surface area contributed by atoms with Gasteiger partial charge in [0.25, 0.3) is 0 Å². The molecule has 0 saturated heterocycles. The van der Waals surface area contributed by atoms with Gasteiger partial charge in [0, 0.05) is 16.8 Å². The zero-order valence-corrected chi connectivity index (χ0v) is 14.6. The Labute approximate surface area is 132 Å². The molecule has 0 radical (unpaired) electrons. The molecule has 21 heavy (non-hydrogen) atoms. The summed E-state index contributed by atoms with van der Waals surface area (Å²) in [4.78, 5) is 5.72. The maximum Gasteiger partial charge on any atom is 0.0925 e. The monoisotopic (exact) mass is 302 g/mol. The summed E-state index contributed by atoms with van der Waals surface area (Å²) in [6.45, 7) is 12.0. The van der Waals surface area contributed by atoms with Gasteiger partial charge in [0.2, 0.25) is 0 Å². The quantitative estimate of drug-likeness (QED) is 0.755. The fourth-order valence-electron chi connectivity index (χ4n) is 2.35. The number of nitrogens with zero attached hydrogens (tertiary/aromatic N) is 1. The number of rotatable bonds is 6. The summed E-state index contributed by atoms with van der Waals surface area (Å²) in [6, 6.07) is 6.82. The predicted molar refractivity (Wildman–Crippen MR) is 93.4 cm³/mol. The number of thiazole rings is 1. The Balaban J connectivity index is 2.15. The van der Waals surface area contributed by atoms with Crippen molar-refractivity contribution in [1.29, 1.82) is 0 Å². The van der Waals surface area contributed by atoms with Crippen molar-refractivity contribution in [3.05, 3.63) is 45.4 Å². The zero-order valence-electron chi connectivity index (χ0n) is 13.7. The van der Waals surface area contributed by atoms with Gasteiger partial charge in [-0.1, -0.05) is 46.8 Å². The average molecular weight is 302 g/mol. The van der Waals surface area contributed by atoms with Crippen molar-refractivity contribution in [1.82, 2.24) is 4.98 Å². The second kappa shape index (κ2) is 7.08. The fourth-order valence-corrected chi connectivity index (χ4v) is 3.16. The molecule has 1 N–H and O–H groups in total. The molecule has 0 aliphatic rings. The summed E-state index contributed by atoms with van der Waals surface area (Å²) in [5.74, 6) is 1.10. The molecule has 2 nitrogen and oxygen atoms in total. The molecule has 3 heteroatoms. The minimum atomic E-state index is 0.527. The molecular formula is C18H26N2S. The molecule has 0 bridgehead atoms. The SMILES string of the molecule is CCc1ncc(CNc2ccc(C(C)C)cc2C(C)C)s1. The molecule has 2 aromatic rings. The molecule has 0 amide bonds. The first kappa shape index (κ1) is 16.0. The van der Waals surface area contributed by atoms with Crippen molar-refractivity contribution in [3.63, 3.8) is 0 Å². The summed E-state index contributed by atoms with van der Waals surface area (Å²) in [7, 11) is 0. The van der Waals surface area contributed by atoms with Gasteiger partial charge in [-0.15, -0.1) is 11.3 Å². The van der Waals surface area contributed by atoms with Crippen molar-refractivity contribution < 1.29 is 0 Å². The van der Waals surface area contributed by atoms with Crippen LogP contribution >= 0.6 is 11.3 Å². The molecule has 1 heterocycles. The van der Waals surface area contributed by atoms with Crippen LogP contribution in [-0.2, 0) is 13.0 Å². The first-order valence-electron chi connectivity index (χ1n) is 7.82. The van der Waals surface area contributed by atoms with Crippen LogP contribution in [-0.4, -0.2) is 4.98 Å². The summed E-state index contributed by atoms with van der Waals surface area (Å²) in [5, 5.41) is 4.80. The van der Waals surface area contributed by atoms with E-state index in [1.54, 1.807) is 11.3 Å². The van der Waals surface area contributed by atoms with Crippen LogP contribution < -0.4 is 5.32 Å². The van der Waals surface area contributed by atoms with Crippen LogP contribution in [0, 0.1) is 0 Å². The smallest absolute Gasteiger partial charge is 0.0925 e.